The van der Waals surface area contributed by atoms with Crippen molar-refractivity contribution in [1.82, 2.24) is 4.98 Å². The molecule has 0 spiro atoms. The Kier molecular flexibility index (Phi) is 5.03. The van der Waals surface area contributed by atoms with Gasteiger partial charge >= 0.3 is 6.18 Å². The number of hydrogen-bond acceptors (Lipinski definition) is 7. The lowest BCUT2D eigenvalue weighted by atomic mass is 10.2. The zero-order valence-corrected chi connectivity index (χ0v) is 14.3. The molecule has 1 aromatic heterocycles. The lowest BCUT2D eigenvalue weighted by Gasteiger charge is -2.36. The highest BCUT2D eigenvalue weighted by Crippen LogP contribution is 2.33. The molecule has 1 fully saturated rings. The molecule has 0 atom stereocenters. The number of piperazine rings is 1. The SMILES string of the molecule is O=[N+]([O-])c1ccc(N2CCN(c3ccc(C(F)(F)F)cn3)CC2)c([N+](=O)[O-])c1. The van der Waals surface area contributed by atoms with Crippen LogP contribution >= 0.6 is 0 Å². The van der Waals surface area contributed by atoms with Crippen LogP contribution in [0.4, 0.5) is 36.1 Å². The maximum absolute atomic E-state index is 12.6. The summed E-state index contributed by atoms with van der Waals surface area (Å²) in [5, 5.41) is 22.1. The fraction of sp³-hybridized carbons (Fsp3) is 0.312. The molecule has 12 heteroatoms. The second-order valence-corrected chi connectivity index (χ2v) is 6.06. The Hall–Kier alpha value is -3.44. The third-order valence-corrected chi connectivity index (χ3v) is 4.39. The van der Waals surface area contributed by atoms with E-state index in [-0.39, 0.29) is 17.1 Å². The first-order valence-corrected chi connectivity index (χ1v) is 8.13. The van der Waals surface area contributed by atoms with Gasteiger partial charge in [-0.05, 0) is 18.2 Å². The average Bonchev–Trinajstić information content (AvgIpc) is 2.67. The van der Waals surface area contributed by atoms with Crippen molar-refractivity contribution in [3.63, 3.8) is 0 Å². The summed E-state index contributed by atoms with van der Waals surface area (Å²) in [6.07, 6.45) is -3.69. The standard InChI is InChI=1S/C16H14F3N5O4/c17-16(18,19)11-1-4-15(20-10-11)22-7-5-21(6-8-22)13-3-2-12(23(25)26)9-14(13)24(27)28/h1-4,9-10H,5-8H2. The molecule has 1 aliphatic heterocycles. The predicted molar refractivity (Wildman–Crippen MR) is 93.4 cm³/mol. The molecule has 0 saturated carbocycles. The van der Waals surface area contributed by atoms with Crippen molar-refractivity contribution in [2.75, 3.05) is 36.0 Å². The van der Waals surface area contributed by atoms with E-state index >= 15 is 0 Å². The van der Waals surface area contributed by atoms with Crippen LogP contribution in [0.3, 0.4) is 0 Å². The molecule has 1 aromatic carbocycles. The van der Waals surface area contributed by atoms with Gasteiger partial charge in [0.25, 0.3) is 11.4 Å². The number of halogens is 3. The number of nitrogens with zero attached hydrogens (tertiary/aromatic N) is 5. The zero-order valence-electron chi connectivity index (χ0n) is 14.3. The minimum atomic E-state index is -4.46. The molecule has 0 N–H and O–H groups in total. The summed E-state index contributed by atoms with van der Waals surface area (Å²) < 4.78 is 37.9. The summed E-state index contributed by atoms with van der Waals surface area (Å²) in [5.74, 6) is 0.380. The molecule has 1 saturated heterocycles. The van der Waals surface area contributed by atoms with Crippen LogP contribution in [0.25, 0.3) is 0 Å². The van der Waals surface area contributed by atoms with Gasteiger partial charge in [0.05, 0.1) is 21.5 Å². The molecular formula is C16H14F3N5O4. The van der Waals surface area contributed by atoms with Gasteiger partial charge in [0, 0.05) is 38.4 Å². The van der Waals surface area contributed by atoms with E-state index in [0.29, 0.717) is 32.0 Å². The number of hydrogen-bond donors (Lipinski definition) is 0. The maximum atomic E-state index is 12.6. The van der Waals surface area contributed by atoms with Gasteiger partial charge < -0.3 is 9.80 Å². The molecule has 2 heterocycles. The molecule has 0 radical (unpaired) electrons. The minimum Gasteiger partial charge on any atom is -0.362 e. The molecule has 0 unspecified atom stereocenters. The number of benzene rings is 1. The van der Waals surface area contributed by atoms with E-state index in [9.17, 15) is 33.4 Å². The molecule has 0 bridgehead atoms. The molecule has 1 aliphatic rings. The Morgan fingerprint density at radius 3 is 2.07 bits per heavy atom. The van der Waals surface area contributed by atoms with Crippen molar-refractivity contribution in [1.29, 1.82) is 0 Å². The molecule has 9 nitrogen and oxygen atoms in total. The van der Waals surface area contributed by atoms with Crippen LogP contribution in [-0.2, 0) is 6.18 Å². The number of rotatable bonds is 4. The topological polar surface area (TPSA) is 106 Å². The molecule has 0 aliphatic carbocycles. The van der Waals surface area contributed by atoms with Crippen LogP contribution in [0.5, 0.6) is 0 Å². The number of aromatic nitrogens is 1. The molecule has 0 amide bonds. The van der Waals surface area contributed by atoms with Gasteiger partial charge in [-0.15, -0.1) is 0 Å². The molecule has 3 rings (SSSR count). The normalized spacial score (nSPS) is 14.8. The highest BCUT2D eigenvalue weighted by atomic mass is 19.4. The first-order chi connectivity index (χ1) is 13.2. The van der Waals surface area contributed by atoms with E-state index in [1.807, 2.05) is 0 Å². The Bertz CT molecular complexity index is 896. The fourth-order valence-corrected chi connectivity index (χ4v) is 2.96. The van der Waals surface area contributed by atoms with Gasteiger partial charge in [-0.2, -0.15) is 13.2 Å². The van der Waals surface area contributed by atoms with E-state index in [4.69, 9.17) is 0 Å². The third-order valence-electron chi connectivity index (χ3n) is 4.39. The van der Waals surface area contributed by atoms with E-state index in [1.54, 1.807) is 9.80 Å². The summed E-state index contributed by atoms with van der Waals surface area (Å²) in [6, 6.07) is 5.69. The van der Waals surface area contributed by atoms with E-state index in [1.165, 1.54) is 18.2 Å². The number of anilines is 2. The van der Waals surface area contributed by atoms with Gasteiger partial charge in [-0.3, -0.25) is 20.2 Å². The van der Waals surface area contributed by atoms with E-state index < -0.39 is 21.6 Å². The van der Waals surface area contributed by atoms with Crippen molar-refractivity contribution in [2.24, 2.45) is 0 Å². The van der Waals surface area contributed by atoms with Gasteiger partial charge in [-0.1, -0.05) is 0 Å². The Labute approximate surface area is 156 Å². The number of alkyl halides is 3. The van der Waals surface area contributed by atoms with Crippen molar-refractivity contribution in [2.45, 2.75) is 6.18 Å². The van der Waals surface area contributed by atoms with Crippen molar-refractivity contribution < 1.29 is 23.0 Å². The van der Waals surface area contributed by atoms with Gasteiger partial charge in [-0.25, -0.2) is 4.98 Å². The van der Waals surface area contributed by atoms with E-state index in [0.717, 1.165) is 18.3 Å². The Balaban J connectivity index is 1.73. The minimum absolute atomic E-state index is 0.260. The smallest absolute Gasteiger partial charge is 0.362 e. The lowest BCUT2D eigenvalue weighted by Crippen LogP contribution is -2.47. The fourth-order valence-electron chi connectivity index (χ4n) is 2.96. The second-order valence-electron chi connectivity index (χ2n) is 6.06. The van der Waals surface area contributed by atoms with Crippen molar-refractivity contribution >= 4 is 22.9 Å². The molecule has 2 aromatic rings. The number of pyridine rings is 1. The second kappa shape index (κ2) is 7.29. The first kappa shape index (κ1) is 19.3. The van der Waals surface area contributed by atoms with Gasteiger partial charge in [0.15, 0.2) is 0 Å². The van der Waals surface area contributed by atoms with Crippen LogP contribution in [0.1, 0.15) is 5.56 Å². The largest absolute Gasteiger partial charge is 0.417 e. The third kappa shape index (κ3) is 3.94. The quantitative estimate of drug-likeness (QED) is 0.576. The Morgan fingerprint density at radius 1 is 0.929 bits per heavy atom. The summed E-state index contributed by atoms with van der Waals surface area (Å²) >= 11 is 0. The summed E-state index contributed by atoms with van der Waals surface area (Å²) in [6.45, 7) is 1.46. The van der Waals surface area contributed by atoms with Crippen LogP contribution < -0.4 is 9.80 Å². The average molecular weight is 397 g/mol. The van der Waals surface area contributed by atoms with Crippen LogP contribution in [0.2, 0.25) is 0 Å². The maximum Gasteiger partial charge on any atom is 0.417 e. The van der Waals surface area contributed by atoms with Crippen molar-refractivity contribution in [3.05, 3.63) is 62.3 Å². The molecular weight excluding hydrogens is 383 g/mol. The number of non-ortho nitro benzene ring substituents is 1. The first-order valence-electron chi connectivity index (χ1n) is 8.13. The number of nitro benzene ring substituents is 2. The molecule has 148 valence electrons. The van der Waals surface area contributed by atoms with Crippen LogP contribution in [-0.4, -0.2) is 41.0 Å². The highest BCUT2D eigenvalue weighted by Gasteiger charge is 2.31. The van der Waals surface area contributed by atoms with Crippen LogP contribution in [0.15, 0.2) is 36.5 Å². The van der Waals surface area contributed by atoms with Gasteiger partial charge in [0.1, 0.15) is 11.5 Å². The highest BCUT2D eigenvalue weighted by molar-refractivity contribution is 5.67. The lowest BCUT2D eigenvalue weighted by molar-refractivity contribution is -0.393. The monoisotopic (exact) mass is 397 g/mol. The van der Waals surface area contributed by atoms with Gasteiger partial charge in [0.2, 0.25) is 0 Å². The number of nitro groups is 2. The summed E-state index contributed by atoms with van der Waals surface area (Å²) in [5.41, 5.74) is -1.31. The summed E-state index contributed by atoms with van der Waals surface area (Å²) in [4.78, 5) is 28.1. The van der Waals surface area contributed by atoms with Crippen LogP contribution in [0, 0.1) is 20.2 Å². The zero-order chi connectivity index (χ0) is 20.5. The van der Waals surface area contributed by atoms with Crippen molar-refractivity contribution in [3.8, 4) is 0 Å². The van der Waals surface area contributed by atoms with E-state index in [2.05, 4.69) is 4.98 Å². The Morgan fingerprint density at radius 2 is 1.57 bits per heavy atom. The predicted octanol–water partition coefficient (Wildman–Crippen LogP) is 3.24. The summed E-state index contributed by atoms with van der Waals surface area (Å²) in [7, 11) is 0. The molecule has 28 heavy (non-hydrogen) atoms.